The summed E-state index contributed by atoms with van der Waals surface area (Å²) in [6.07, 6.45) is 0.183. The monoisotopic (exact) mass is 223 g/mol. The van der Waals surface area contributed by atoms with E-state index in [0.717, 1.165) is 17.5 Å². The van der Waals surface area contributed by atoms with Crippen molar-refractivity contribution in [3.8, 4) is 0 Å². The van der Waals surface area contributed by atoms with Gasteiger partial charge in [0.1, 0.15) is 19.0 Å². The summed E-state index contributed by atoms with van der Waals surface area (Å²) < 4.78 is 13.8. The highest BCUT2D eigenvalue weighted by Crippen LogP contribution is 2.16. The van der Waals surface area contributed by atoms with Crippen LogP contribution in [0.2, 0.25) is 0 Å². The quantitative estimate of drug-likeness (QED) is 0.554. The average Bonchev–Trinajstić information content (AvgIpc) is 2.35. The fourth-order valence-electron chi connectivity index (χ4n) is 1.65. The smallest absolute Gasteiger partial charge is 0.146 e. The predicted molar refractivity (Wildman–Crippen MR) is 64.6 cm³/mol. The maximum Gasteiger partial charge on any atom is 0.146 e. The number of oxime groups is 1. The summed E-state index contributed by atoms with van der Waals surface area (Å²) in [7, 11) is 1.44. The van der Waals surface area contributed by atoms with E-state index < -0.39 is 6.17 Å². The van der Waals surface area contributed by atoms with Crippen molar-refractivity contribution >= 4 is 5.71 Å². The molecular weight excluding hydrogens is 205 g/mol. The van der Waals surface area contributed by atoms with Crippen molar-refractivity contribution in [1.82, 2.24) is 0 Å². The third kappa shape index (κ3) is 2.81. The third-order valence-electron chi connectivity index (χ3n) is 2.52. The van der Waals surface area contributed by atoms with Crippen molar-refractivity contribution in [2.75, 3.05) is 7.11 Å². The summed E-state index contributed by atoms with van der Waals surface area (Å²) >= 11 is 0. The lowest BCUT2D eigenvalue weighted by Crippen LogP contribution is -2.18. The summed E-state index contributed by atoms with van der Waals surface area (Å²) in [5, 5.41) is 3.82. The van der Waals surface area contributed by atoms with Crippen molar-refractivity contribution in [1.29, 1.82) is 0 Å². The van der Waals surface area contributed by atoms with E-state index >= 15 is 0 Å². The molecule has 0 aromatic heterocycles. The number of rotatable bonds is 5. The molecule has 1 aromatic rings. The number of benzene rings is 1. The van der Waals surface area contributed by atoms with Crippen LogP contribution in [0.1, 0.15) is 31.4 Å². The van der Waals surface area contributed by atoms with Gasteiger partial charge in [-0.2, -0.15) is 0 Å². The normalized spacial score (nSPS) is 13.6. The van der Waals surface area contributed by atoms with Crippen LogP contribution in [0.3, 0.4) is 0 Å². The Kier molecular flexibility index (Phi) is 4.96. The molecule has 0 heterocycles. The molecule has 3 heteroatoms. The largest absolute Gasteiger partial charge is 0.399 e. The van der Waals surface area contributed by atoms with E-state index in [-0.39, 0.29) is 0 Å². The highest BCUT2D eigenvalue weighted by Gasteiger charge is 2.18. The number of nitrogens with zero attached hydrogens (tertiary/aromatic N) is 1. The van der Waals surface area contributed by atoms with Gasteiger partial charge in [-0.1, -0.05) is 43.3 Å². The topological polar surface area (TPSA) is 21.6 Å². The van der Waals surface area contributed by atoms with Gasteiger partial charge in [-0.25, -0.2) is 4.39 Å². The second-order valence-electron chi connectivity index (χ2n) is 3.55. The predicted octanol–water partition coefficient (Wildman–Crippen LogP) is 3.35. The van der Waals surface area contributed by atoms with Crippen LogP contribution in [-0.4, -0.2) is 19.0 Å². The minimum absolute atomic E-state index is 0.391. The molecule has 2 nitrogen and oxygen atoms in total. The minimum atomic E-state index is -1.08. The molecule has 0 saturated heterocycles. The summed E-state index contributed by atoms with van der Waals surface area (Å²) in [5.74, 6) is 0. The maximum atomic E-state index is 13.8. The molecule has 0 N–H and O–H groups in total. The molecule has 0 amide bonds. The Morgan fingerprint density at radius 2 is 2.06 bits per heavy atom. The van der Waals surface area contributed by atoms with Gasteiger partial charge in [0, 0.05) is 5.56 Å². The fraction of sp³-hybridized carbons (Fsp3) is 0.462. The summed E-state index contributed by atoms with van der Waals surface area (Å²) in [6.45, 7) is 3.84. The van der Waals surface area contributed by atoms with Crippen LogP contribution in [0.4, 0.5) is 4.39 Å². The Labute approximate surface area is 96.1 Å². The zero-order valence-electron chi connectivity index (χ0n) is 10.0. The molecule has 0 radical (unpaired) electrons. The molecular formula is C13H18FNO. The number of aryl methyl sites for hydroxylation is 1. The second-order valence-corrected chi connectivity index (χ2v) is 3.55. The van der Waals surface area contributed by atoms with Crippen LogP contribution < -0.4 is 0 Å². The molecule has 0 aliphatic heterocycles. The second kappa shape index (κ2) is 6.26. The lowest BCUT2D eigenvalue weighted by Gasteiger charge is -2.12. The van der Waals surface area contributed by atoms with Crippen molar-refractivity contribution in [2.24, 2.45) is 5.16 Å². The van der Waals surface area contributed by atoms with Crippen LogP contribution in [0.5, 0.6) is 0 Å². The molecule has 0 saturated carbocycles. The van der Waals surface area contributed by atoms with E-state index in [9.17, 15) is 4.39 Å². The van der Waals surface area contributed by atoms with E-state index in [1.54, 1.807) is 6.92 Å². The van der Waals surface area contributed by atoms with E-state index in [2.05, 4.69) is 5.16 Å². The van der Waals surface area contributed by atoms with Crippen LogP contribution in [-0.2, 0) is 11.3 Å². The Hall–Kier alpha value is -1.38. The van der Waals surface area contributed by atoms with Crippen LogP contribution >= 0.6 is 0 Å². The molecule has 1 rings (SSSR count). The Balaban J connectivity index is 3.15. The maximum absolute atomic E-state index is 13.8. The molecule has 0 aliphatic carbocycles. The van der Waals surface area contributed by atoms with E-state index in [0.29, 0.717) is 12.1 Å². The van der Waals surface area contributed by atoms with Gasteiger partial charge in [-0.05, 0) is 18.4 Å². The minimum Gasteiger partial charge on any atom is -0.399 e. The Morgan fingerprint density at radius 1 is 1.38 bits per heavy atom. The Morgan fingerprint density at radius 3 is 2.62 bits per heavy atom. The Bertz CT molecular complexity index is 363. The van der Waals surface area contributed by atoms with Gasteiger partial charge in [-0.3, -0.25) is 0 Å². The first-order valence-electron chi connectivity index (χ1n) is 5.57. The third-order valence-corrected chi connectivity index (χ3v) is 2.52. The molecule has 1 unspecified atom stereocenters. The first-order chi connectivity index (χ1) is 7.74. The number of alkyl halides is 1. The molecule has 88 valence electrons. The highest BCUT2D eigenvalue weighted by atomic mass is 19.1. The van der Waals surface area contributed by atoms with Crippen molar-refractivity contribution < 1.29 is 9.23 Å². The van der Waals surface area contributed by atoms with Crippen molar-refractivity contribution in [3.05, 3.63) is 35.4 Å². The standard InChI is InChI=1S/C13H18FNO/c1-4-10-8-6-7-9-11(10)13(15-16-3)12(14)5-2/h6-9,12H,4-5H2,1-3H3/b15-13-. The molecule has 1 aromatic carbocycles. The van der Waals surface area contributed by atoms with Gasteiger partial charge in [0.25, 0.3) is 0 Å². The number of hydrogen-bond donors (Lipinski definition) is 0. The molecule has 0 bridgehead atoms. The number of halogens is 1. The molecule has 1 atom stereocenters. The average molecular weight is 223 g/mol. The van der Waals surface area contributed by atoms with E-state index in [4.69, 9.17) is 4.84 Å². The summed E-state index contributed by atoms with van der Waals surface area (Å²) in [4.78, 5) is 4.73. The number of hydrogen-bond acceptors (Lipinski definition) is 2. The van der Waals surface area contributed by atoms with Crippen LogP contribution in [0.25, 0.3) is 0 Å². The first kappa shape index (κ1) is 12.7. The van der Waals surface area contributed by atoms with Gasteiger partial charge in [-0.15, -0.1) is 0 Å². The zero-order valence-corrected chi connectivity index (χ0v) is 10.0. The molecule has 0 fully saturated rings. The lowest BCUT2D eigenvalue weighted by atomic mass is 9.97. The van der Waals surface area contributed by atoms with Crippen LogP contribution in [0.15, 0.2) is 29.4 Å². The van der Waals surface area contributed by atoms with E-state index in [1.165, 1.54) is 7.11 Å². The molecule has 16 heavy (non-hydrogen) atoms. The zero-order chi connectivity index (χ0) is 12.0. The van der Waals surface area contributed by atoms with Gasteiger partial charge < -0.3 is 4.84 Å². The summed E-state index contributed by atoms with van der Waals surface area (Å²) in [5.41, 5.74) is 2.33. The summed E-state index contributed by atoms with van der Waals surface area (Å²) in [6, 6.07) is 7.72. The van der Waals surface area contributed by atoms with Gasteiger partial charge in [0.15, 0.2) is 0 Å². The van der Waals surface area contributed by atoms with Crippen molar-refractivity contribution in [3.63, 3.8) is 0 Å². The van der Waals surface area contributed by atoms with Gasteiger partial charge in [0.2, 0.25) is 0 Å². The first-order valence-corrected chi connectivity index (χ1v) is 5.57. The lowest BCUT2D eigenvalue weighted by molar-refractivity contribution is 0.209. The molecule has 0 aliphatic rings. The van der Waals surface area contributed by atoms with Gasteiger partial charge in [0.05, 0.1) is 0 Å². The van der Waals surface area contributed by atoms with Crippen molar-refractivity contribution in [2.45, 2.75) is 32.9 Å². The molecule has 0 spiro atoms. The van der Waals surface area contributed by atoms with Crippen LogP contribution in [0, 0.1) is 0 Å². The van der Waals surface area contributed by atoms with Gasteiger partial charge >= 0.3 is 0 Å². The van der Waals surface area contributed by atoms with E-state index in [1.807, 2.05) is 31.2 Å². The SMILES string of the molecule is CCc1ccccc1/C(=N/OC)C(F)CC. The highest BCUT2D eigenvalue weighted by molar-refractivity contribution is 6.04. The fourth-order valence-corrected chi connectivity index (χ4v) is 1.65.